The number of fused-ring (bicyclic) bond motifs is 1. The number of hydrogen-bond donors (Lipinski definition) is 1. The third-order valence-corrected chi connectivity index (χ3v) is 3.72. The van der Waals surface area contributed by atoms with E-state index in [1.165, 1.54) is 6.07 Å². The summed E-state index contributed by atoms with van der Waals surface area (Å²) >= 11 is 9.28. The van der Waals surface area contributed by atoms with Gasteiger partial charge in [-0.3, -0.25) is 0 Å². The van der Waals surface area contributed by atoms with Gasteiger partial charge in [0.2, 0.25) is 0 Å². The van der Waals surface area contributed by atoms with Gasteiger partial charge in [0.1, 0.15) is 17.7 Å². The second kappa shape index (κ2) is 5.02. The highest BCUT2D eigenvalue weighted by Crippen LogP contribution is 2.37. The van der Waals surface area contributed by atoms with Crippen LogP contribution in [0, 0.1) is 5.82 Å². The van der Waals surface area contributed by atoms with Gasteiger partial charge in [0, 0.05) is 21.1 Å². The molecule has 0 radical (unpaired) electrons. The van der Waals surface area contributed by atoms with Crippen LogP contribution < -0.4 is 10.1 Å². The van der Waals surface area contributed by atoms with Gasteiger partial charge in [-0.25, -0.2) is 4.39 Å². The molecule has 0 fully saturated rings. The highest BCUT2D eigenvalue weighted by Gasteiger charge is 2.23. The largest absolute Gasteiger partial charge is 0.482 e. The van der Waals surface area contributed by atoms with E-state index >= 15 is 0 Å². The number of nitrogens with one attached hydrogen (secondary N) is 1. The maximum absolute atomic E-state index is 13.9. The van der Waals surface area contributed by atoms with E-state index in [2.05, 4.69) is 21.2 Å². The second-order valence-corrected chi connectivity index (χ2v) is 5.65. The number of anilines is 1. The summed E-state index contributed by atoms with van der Waals surface area (Å²) in [6.07, 6.45) is -0.372. The Morgan fingerprint density at radius 3 is 2.95 bits per heavy atom. The Labute approximate surface area is 123 Å². The first-order valence-corrected chi connectivity index (χ1v) is 6.95. The van der Waals surface area contributed by atoms with Gasteiger partial charge in [0.15, 0.2) is 0 Å². The van der Waals surface area contributed by atoms with Crippen molar-refractivity contribution >= 4 is 33.2 Å². The average molecular weight is 343 g/mol. The third-order valence-electron chi connectivity index (χ3n) is 3.00. The molecule has 0 saturated carbocycles. The minimum atomic E-state index is -0.372. The van der Waals surface area contributed by atoms with Crippen LogP contribution >= 0.6 is 27.5 Å². The van der Waals surface area contributed by atoms with Crippen molar-refractivity contribution in [3.8, 4) is 5.75 Å². The molecule has 1 atom stereocenters. The van der Waals surface area contributed by atoms with Crippen molar-refractivity contribution in [3.63, 3.8) is 0 Å². The van der Waals surface area contributed by atoms with Crippen LogP contribution in [0.5, 0.6) is 5.75 Å². The zero-order chi connectivity index (χ0) is 13.4. The lowest BCUT2D eigenvalue weighted by atomic mass is 10.1. The standard InChI is InChI=1S/C14H10BrClFNO/c15-8-1-3-11(17)10(5-8)14-7-18-12-4-2-9(16)6-13(12)19-14/h1-6,14,18H,7H2. The van der Waals surface area contributed by atoms with Crippen molar-refractivity contribution < 1.29 is 9.13 Å². The molecule has 5 heteroatoms. The summed E-state index contributed by atoms with van der Waals surface area (Å²) in [5.41, 5.74) is 1.39. The van der Waals surface area contributed by atoms with E-state index in [0.29, 0.717) is 22.9 Å². The first-order chi connectivity index (χ1) is 9.13. The molecule has 2 aromatic carbocycles. The molecular weight excluding hydrogens is 333 g/mol. The van der Waals surface area contributed by atoms with E-state index in [1.807, 2.05) is 6.07 Å². The molecule has 2 nitrogen and oxygen atoms in total. The van der Waals surface area contributed by atoms with Gasteiger partial charge >= 0.3 is 0 Å². The van der Waals surface area contributed by atoms with Crippen LogP contribution in [0.15, 0.2) is 40.9 Å². The highest BCUT2D eigenvalue weighted by atomic mass is 79.9. The number of ether oxygens (including phenoxy) is 1. The summed E-state index contributed by atoms with van der Waals surface area (Å²) in [7, 11) is 0. The van der Waals surface area contributed by atoms with Gasteiger partial charge < -0.3 is 10.1 Å². The number of halogens is 3. The van der Waals surface area contributed by atoms with Crippen LogP contribution in [0.4, 0.5) is 10.1 Å². The molecule has 1 aliphatic heterocycles. The molecule has 19 heavy (non-hydrogen) atoms. The summed E-state index contributed by atoms with van der Waals surface area (Å²) in [5.74, 6) is 0.364. The van der Waals surface area contributed by atoms with Crippen LogP contribution in [0.3, 0.4) is 0 Å². The average Bonchev–Trinajstić information content (AvgIpc) is 2.40. The molecule has 0 saturated heterocycles. The lowest BCUT2D eigenvalue weighted by Gasteiger charge is -2.28. The van der Waals surface area contributed by atoms with Crippen LogP contribution in [-0.2, 0) is 0 Å². The maximum atomic E-state index is 13.9. The number of hydrogen-bond acceptors (Lipinski definition) is 2. The summed E-state index contributed by atoms with van der Waals surface area (Å²) in [6.45, 7) is 0.516. The lowest BCUT2D eigenvalue weighted by Crippen LogP contribution is -2.24. The number of benzene rings is 2. The minimum absolute atomic E-state index is 0.277. The molecule has 0 aromatic heterocycles. The summed E-state index contributed by atoms with van der Waals surface area (Å²) < 4.78 is 20.5. The molecule has 1 heterocycles. The van der Waals surface area contributed by atoms with Gasteiger partial charge in [-0.05, 0) is 30.3 Å². The lowest BCUT2D eigenvalue weighted by molar-refractivity contribution is 0.205. The van der Waals surface area contributed by atoms with Gasteiger partial charge in [0.25, 0.3) is 0 Å². The van der Waals surface area contributed by atoms with Crippen molar-refractivity contribution in [3.05, 3.63) is 57.3 Å². The Bertz CT molecular complexity index is 635. The van der Waals surface area contributed by atoms with Crippen molar-refractivity contribution in [1.82, 2.24) is 0 Å². The van der Waals surface area contributed by atoms with Crippen molar-refractivity contribution in [2.75, 3.05) is 11.9 Å². The van der Waals surface area contributed by atoms with E-state index in [-0.39, 0.29) is 11.9 Å². The van der Waals surface area contributed by atoms with Crippen molar-refractivity contribution in [2.45, 2.75) is 6.10 Å². The van der Waals surface area contributed by atoms with Crippen LogP contribution in [0.25, 0.3) is 0 Å². The molecule has 1 aliphatic rings. The first kappa shape index (κ1) is 12.8. The zero-order valence-corrected chi connectivity index (χ0v) is 12.1. The van der Waals surface area contributed by atoms with Gasteiger partial charge in [0.05, 0.1) is 12.2 Å². The van der Waals surface area contributed by atoms with Gasteiger partial charge in [-0.2, -0.15) is 0 Å². The smallest absolute Gasteiger partial charge is 0.144 e. The van der Waals surface area contributed by atoms with E-state index < -0.39 is 0 Å². The number of rotatable bonds is 1. The maximum Gasteiger partial charge on any atom is 0.144 e. The Hall–Kier alpha value is -1.26. The van der Waals surface area contributed by atoms with Crippen LogP contribution in [-0.4, -0.2) is 6.54 Å². The van der Waals surface area contributed by atoms with E-state index in [9.17, 15) is 4.39 Å². The van der Waals surface area contributed by atoms with Crippen LogP contribution in [0.1, 0.15) is 11.7 Å². The quantitative estimate of drug-likeness (QED) is 0.805. The van der Waals surface area contributed by atoms with E-state index in [0.717, 1.165) is 10.2 Å². The molecule has 1 N–H and O–H groups in total. The SMILES string of the molecule is Fc1ccc(Br)cc1C1CNc2ccc(Cl)cc2O1. The zero-order valence-electron chi connectivity index (χ0n) is 9.79. The van der Waals surface area contributed by atoms with Crippen LogP contribution in [0.2, 0.25) is 5.02 Å². The third kappa shape index (κ3) is 2.55. The Kier molecular flexibility index (Phi) is 3.37. The molecule has 0 amide bonds. The van der Waals surface area contributed by atoms with Crippen molar-refractivity contribution in [1.29, 1.82) is 0 Å². The minimum Gasteiger partial charge on any atom is -0.482 e. The van der Waals surface area contributed by atoms with E-state index in [4.69, 9.17) is 16.3 Å². The molecule has 98 valence electrons. The van der Waals surface area contributed by atoms with Gasteiger partial charge in [-0.15, -0.1) is 0 Å². The fourth-order valence-electron chi connectivity index (χ4n) is 2.07. The second-order valence-electron chi connectivity index (χ2n) is 4.29. The monoisotopic (exact) mass is 341 g/mol. The van der Waals surface area contributed by atoms with Crippen molar-refractivity contribution in [2.24, 2.45) is 0 Å². The van der Waals surface area contributed by atoms with Gasteiger partial charge in [-0.1, -0.05) is 27.5 Å². The Morgan fingerprint density at radius 2 is 2.11 bits per heavy atom. The molecule has 0 spiro atoms. The molecule has 0 bridgehead atoms. The molecule has 0 aliphatic carbocycles. The fraction of sp³-hybridized carbons (Fsp3) is 0.143. The van der Waals surface area contributed by atoms with E-state index in [1.54, 1.807) is 24.3 Å². The topological polar surface area (TPSA) is 21.3 Å². The first-order valence-electron chi connectivity index (χ1n) is 5.78. The summed E-state index contributed by atoms with van der Waals surface area (Å²) in [4.78, 5) is 0. The highest BCUT2D eigenvalue weighted by molar-refractivity contribution is 9.10. The molecule has 1 unspecified atom stereocenters. The normalized spacial score (nSPS) is 17.3. The predicted molar refractivity (Wildman–Crippen MR) is 77.4 cm³/mol. The predicted octanol–water partition coefficient (Wildman–Crippen LogP) is 4.79. The Morgan fingerprint density at radius 1 is 1.26 bits per heavy atom. The Balaban J connectivity index is 1.95. The summed E-state index contributed by atoms with van der Waals surface area (Å²) in [5, 5.41) is 3.81. The molecule has 2 aromatic rings. The fourth-order valence-corrected chi connectivity index (χ4v) is 2.61. The molecular formula is C14H10BrClFNO. The summed E-state index contributed by atoms with van der Waals surface area (Å²) in [6, 6.07) is 10.2. The molecule has 3 rings (SSSR count).